The average molecular weight is 442 g/mol. The predicted octanol–water partition coefficient (Wildman–Crippen LogP) is 4.84. The number of hydrogen-bond donors (Lipinski definition) is 2. The molecule has 7 heteroatoms. The molecule has 2 N–H and O–H groups in total. The van der Waals surface area contributed by atoms with Gasteiger partial charge in [-0.15, -0.1) is 0 Å². The molecule has 0 spiro atoms. The molecular formula is C26H24FN5O. The van der Waals surface area contributed by atoms with Crippen LogP contribution in [0, 0.1) is 23.7 Å². The van der Waals surface area contributed by atoms with Gasteiger partial charge in [0.1, 0.15) is 17.3 Å². The van der Waals surface area contributed by atoms with Crippen LogP contribution in [0.5, 0.6) is 0 Å². The number of aryl methyl sites for hydroxylation is 1. The normalized spacial score (nSPS) is 13.0. The van der Waals surface area contributed by atoms with Crippen molar-refractivity contribution in [1.29, 1.82) is 10.7 Å². The predicted molar refractivity (Wildman–Crippen MR) is 126 cm³/mol. The summed E-state index contributed by atoms with van der Waals surface area (Å²) >= 11 is 0. The lowest BCUT2D eigenvalue weighted by Gasteiger charge is -2.20. The zero-order valence-electron chi connectivity index (χ0n) is 19.0. The Hall–Kier alpha value is -4.05. The van der Waals surface area contributed by atoms with Crippen LogP contribution in [0.25, 0.3) is 11.1 Å². The van der Waals surface area contributed by atoms with E-state index in [1.165, 1.54) is 13.8 Å². The summed E-state index contributed by atoms with van der Waals surface area (Å²) in [7, 11) is 1.66. The van der Waals surface area contributed by atoms with E-state index in [-0.39, 0.29) is 18.3 Å². The van der Waals surface area contributed by atoms with Crippen LogP contribution >= 0.6 is 0 Å². The molecule has 1 aromatic heterocycles. The van der Waals surface area contributed by atoms with Crippen LogP contribution in [0.3, 0.4) is 0 Å². The van der Waals surface area contributed by atoms with Crippen molar-refractivity contribution in [3.63, 3.8) is 0 Å². The molecule has 1 aliphatic heterocycles. The lowest BCUT2D eigenvalue weighted by molar-refractivity contribution is 0.0996. The van der Waals surface area contributed by atoms with Crippen molar-refractivity contribution >= 4 is 17.6 Å². The highest BCUT2D eigenvalue weighted by molar-refractivity contribution is 6.10. The number of fused-ring (bicyclic) bond motifs is 1. The topological polar surface area (TPSA) is 92.9 Å². The number of amides is 1. The van der Waals surface area contributed by atoms with Crippen LogP contribution in [0.2, 0.25) is 0 Å². The maximum absolute atomic E-state index is 14.8. The Labute approximate surface area is 192 Å². The molecule has 4 rings (SSSR count). The first-order chi connectivity index (χ1) is 15.6. The number of hydrogen-bond acceptors (Lipinski definition) is 4. The summed E-state index contributed by atoms with van der Waals surface area (Å²) in [6.07, 6.45) is 0. The Bertz CT molecular complexity index is 1330. The first-order valence-electron chi connectivity index (χ1n) is 10.6. The number of nitriles is 1. The molecule has 3 aromatic rings. The van der Waals surface area contributed by atoms with Crippen LogP contribution in [0.1, 0.15) is 52.2 Å². The van der Waals surface area contributed by atoms with Crippen LogP contribution < -0.4 is 10.2 Å². The number of benzene rings is 2. The van der Waals surface area contributed by atoms with Crippen LogP contribution in [0.15, 0.2) is 48.5 Å². The largest absolute Gasteiger partial charge is 0.373 e. The van der Waals surface area contributed by atoms with E-state index in [0.717, 1.165) is 5.56 Å². The van der Waals surface area contributed by atoms with Crippen LogP contribution in [-0.2, 0) is 12.2 Å². The van der Waals surface area contributed by atoms with E-state index in [0.29, 0.717) is 44.9 Å². The van der Waals surface area contributed by atoms with E-state index in [4.69, 9.17) is 5.41 Å². The molecule has 1 amide bonds. The quantitative estimate of drug-likeness (QED) is 0.448. The fourth-order valence-corrected chi connectivity index (χ4v) is 4.22. The summed E-state index contributed by atoms with van der Waals surface area (Å²) in [6, 6.07) is 16.0. The highest BCUT2D eigenvalue weighted by Gasteiger charge is 2.35. The monoisotopic (exact) mass is 441 g/mol. The van der Waals surface area contributed by atoms with Crippen molar-refractivity contribution in [3.8, 4) is 17.2 Å². The van der Waals surface area contributed by atoms with Crippen molar-refractivity contribution in [2.45, 2.75) is 33.0 Å². The maximum Gasteiger partial charge on any atom is 0.260 e. The van der Waals surface area contributed by atoms with Gasteiger partial charge in [0.25, 0.3) is 5.91 Å². The summed E-state index contributed by atoms with van der Waals surface area (Å²) in [6.45, 7) is 5.03. The molecular weight excluding hydrogens is 417 g/mol. The second-order valence-corrected chi connectivity index (χ2v) is 8.55. The molecule has 0 bridgehead atoms. The fraction of sp³-hybridized carbons (Fsp3) is 0.231. The standard InChI is InChI=1S/C26H24FN5O/c1-15-10-17(20-11-16(13-28)8-9-18(20)24(29)30-4)12-23(31-15)32-14-21-19(25(32)33)6-5-7-22(21)26(2,3)27/h5-12H,14H2,1-4H3,(H2,29,30). The van der Waals surface area contributed by atoms with Gasteiger partial charge in [0.15, 0.2) is 0 Å². The third-order valence-corrected chi connectivity index (χ3v) is 5.80. The Morgan fingerprint density at radius 2 is 1.97 bits per heavy atom. The molecule has 1 aliphatic rings. The zero-order valence-corrected chi connectivity index (χ0v) is 19.0. The number of halogens is 1. The van der Waals surface area contributed by atoms with E-state index in [1.807, 2.05) is 13.0 Å². The van der Waals surface area contributed by atoms with Gasteiger partial charge in [0.05, 0.1) is 18.2 Å². The van der Waals surface area contributed by atoms with Gasteiger partial charge in [-0.25, -0.2) is 9.37 Å². The summed E-state index contributed by atoms with van der Waals surface area (Å²) in [5.41, 5.74) is 3.27. The molecule has 166 valence electrons. The highest BCUT2D eigenvalue weighted by Crippen LogP contribution is 2.37. The van der Waals surface area contributed by atoms with Gasteiger partial charge in [0, 0.05) is 23.9 Å². The number of carbonyl (C=O) groups is 1. The Morgan fingerprint density at radius 3 is 2.64 bits per heavy atom. The second kappa shape index (κ2) is 8.14. The Kier molecular flexibility index (Phi) is 5.46. The van der Waals surface area contributed by atoms with E-state index in [1.54, 1.807) is 54.4 Å². The van der Waals surface area contributed by atoms with Crippen LogP contribution in [-0.4, -0.2) is 23.8 Å². The van der Waals surface area contributed by atoms with Gasteiger partial charge in [0.2, 0.25) is 0 Å². The number of rotatable bonds is 4. The lowest BCUT2D eigenvalue weighted by atomic mass is 9.92. The number of pyridine rings is 1. The first-order valence-corrected chi connectivity index (χ1v) is 10.6. The third-order valence-electron chi connectivity index (χ3n) is 5.80. The number of alkyl halides is 1. The fourth-order valence-electron chi connectivity index (χ4n) is 4.22. The zero-order chi connectivity index (χ0) is 23.9. The smallest absolute Gasteiger partial charge is 0.260 e. The van der Waals surface area contributed by atoms with Crippen molar-refractivity contribution in [2.24, 2.45) is 0 Å². The summed E-state index contributed by atoms with van der Waals surface area (Å²) in [5, 5.41) is 20.5. The Balaban J connectivity index is 1.83. The van der Waals surface area contributed by atoms with Gasteiger partial charge in [-0.1, -0.05) is 12.1 Å². The van der Waals surface area contributed by atoms with Gasteiger partial charge in [-0.05, 0) is 79.4 Å². The molecule has 0 atom stereocenters. The number of carbonyl (C=O) groups excluding carboxylic acids is 1. The van der Waals surface area contributed by atoms with Gasteiger partial charge in [-0.2, -0.15) is 5.26 Å². The van der Waals surface area contributed by atoms with Crippen molar-refractivity contribution < 1.29 is 9.18 Å². The van der Waals surface area contributed by atoms with E-state index < -0.39 is 5.67 Å². The molecule has 0 radical (unpaired) electrons. The number of anilines is 1. The molecule has 0 aliphatic carbocycles. The maximum atomic E-state index is 14.8. The molecule has 0 fully saturated rings. The molecule has 2 aromatic carbocycles. The summed E-state index contributed by atoms with van der Waals surface area (Å²) < 4.78 is 14.8. The minimum absolute atomic E-state index is 0.213. The molecule has 33 heavy (non-hydrogen) atoms. The molecule has 2 heterocycles. The van der Waals surface area contributed by atoms with Gasteiger partial charge in [-0.3, -0.25) is 15.1 Å². The average Bonchev–Trinajstić information content (AvgIpc) is 3.13. The SMILES string of the molecule is CNC(=N)c1ccc(C#N)cc1-c1cc(C)nc(N2Cc3c(cccc3C(C)(C)F)C2=O)c1. The number of nitrogens with zero attached hydrogens (tertiary/aromatic N) is 3. The highest BCUT2D eigenvalue weighted by atomic mass is 19.1. The molecule has 0 saturated carbocycles. The summed E-state index contributed by atoms with van der Waals surface area (Å²) in [4.78, 5) is 19.4. The molecule has 0 unspecified atom stereocenters. The Morgan fingerprint density at radius 1 is 1.21 bits per heavy atom. The second-order valence-electron chi connectivity index (χ2n) is 8.55. The van der Waals surface area contributed by atoms with Gasteiger partial charge < -0.3 is 5.32 Å². The number of amidine groups is 1. The van der Waals surface area contributed by atoms with Crippen LogP contribution in [0.4, 0.5) is 10.2 Å². The number of aromatic nitrogens is 1. The minimum Gasteiger partial charge on any atom is -0.373 e. The van der Waals surface area contributed by atoms with Gasteiger partial charge >= 0.3 is 0 Å². The van der Waals surface area contributed by atoms with E-state index in [9.17, 15) is 14.4 Å². The van der Waals surface area contributed by atoms with E-state index >= 15 is 0 Å². The molecule has 0 saturated heterocycles. The first kappa shape index (κ1) is 22.2. The third kappa shape index (κ3) is 3.96. The lowest BCUT2D eigenvalue weighted by Crippen LogP contribution is -2.24. The minimum atomic E-state index is -1.58. The van der Waals surface area contributed by atoms with Crippen molar-refractivity contribution in [3.05, 3.63) is 82.0 Å². The van der Waals surface area contributed by atoms with Crippen molar-refractivity contribution in [2.75, 3.05) is 11.9 Å². The molecule has 6 nitrogen and oxygen atoms in total. The van der Waals surface area contributed by atoms with E-state index in [2.05, 4.69) is 16.4 Å². The van der Waals surface area contributed by atoms with Crippen molar-refractivity contribution in [1.82, 2.24) is 10.3 Å². The number of nitrogens with one attached hydrogen (secondary N) is 2. The summed E-state index contributed by atoms with van der Waals surface area (Å²) in [5.74, 6) is 0.428.